The van der Waals surface area contributed by atoms with Crippen LogP contribution >= 0.6 is 0 Å². The zero-order chi connectivity index (χ0) is 20.4. The Bertz CT molecular complexity index is 1100. The third kappa shape index (κ3) is 4.05. The standard InChI is InChI=1S/C22H23FN2O3S/c1-15-7-5-6-10-19(15)20-25-22(21(28-20)24-17-8-3-2-4-9-17)29(26,27)18-13-11-16(23)12-14-18/h5-7,10-14,17,24H,2-4,8-9H2,1H3. The van der Waals surface area contributed by atoms with Gasteiger partial charge in [0.2, 0.25) is 26.6 Å². The van der Waals surface area contributed by atoms with Crippen LogP contribution < -0.4 is 5.32 Å². The predicted molar refractivity (Wildman–Crippen MR) is 109 cm³/mol. The van der Waals surface area contributed by atoms with Crippen LogP contribution in [0.5, 0.6) is 0 Å². The summed E-state index contributed by atoms with van der Waals surface area (Å²) >= 11 is 0. The van der Waals surface area contributed by atoms with Crippen LogP contribution in [-0.4, -0.2) is 19.4 Å². The summed E-state index contributed by atoms with van der Waals surface area (Å²) in [5.41, 5.74) is 1.67. The Kier molecular flexibility index (Phi) is 5.41. The summed E-state index contributed by atoms with van der Waals surface area (Å²) in [4.78, 5) is 4.35. The van der Waals surface area contributed by atoms with Gasteiger partial charge in [-0.15, -0.1) is 0 Å². The van der Waals surface area contributed by atoms with Crippen LogP contribution in [0.3, 0.4) is 0 Å². The first kappa shape index (κ1) is 19.6. The van der Waals surface area contributed by atoms with Crippen LogP contribution in [0.15, 0.2) is 62.9 Å². The maximum absolute atomic E-state index is 13.3. The number of nitrogens with zero attached hydrogens (tertiary/aromatic N) is 1. The molecule has 0 atom stereocenters. The molecule has 152 valence electrons. The number of sulfone groups is 1. The molecule has 1 fully saturated rings. The Balaban J connectivity index is 1.80. The molecule has 7 heteroatoms. The van der Waals surface area contributed by atoms with Gasteiger partial charge in [0.25, 0.3) is 0 Å². The summed E-state index contributed by atoms with van der Waals surface area (Å²) in [7, 11) is -3.97. The van der Waals surface area contributed by atoms with E-state index >= 15 is 0 Å². The lowest BCUT2D eigenvalue weighted by molar-refractivity contribution is 0.450. The normalized spacial score (nSPS) is 15.4. The minimum atomic E-state index is -3.97. The average molecular weight is 415 g/mol. The average Bonchev–Trinajstić information content (AvgIpc) is 3.14. The first-order chi connectivity index (χ1) is 13.9. The molecule has 0 unspecified atom stereocenters. The number of oxazole rings is 1. The Morgan fingerprint density at radius 2 is 1.72 bits per heavy atom. The first-order valence-corrected chi connectivity index (χ1v) is 11.3. The number of hydrogen-bond donors (Lipinski definition) is 1. The fraction of sp³-hybridized carbons (Fsp3) is 0.318. The SMILES string of the molecule is Cc1ccccc1-c1nc(S(=O)(=O)c2ccc(F)cc2)c(NC2CCCCC2)o1. The maximum Gasteiger partial charge on any atom is 0.234 e. The van der Waals surface area contributed by atoms with Crippen LogP contribution in [0.2, 0.25) is 0 Å². The summed E-state index contributed by atoms with van der Waals surface area (Å²) in [5, 5.41) is 3.10. The molecule has 1 aromatic heterocycles. The molecule has 1 N–H and O–H groups in total. The van der Waals surface area contributed by atoms with Crippen molar-refractivity contribution in [3.63, 3.8) is 0 Å². The molecule has 29 heavy (non-hydrogen) atoms. The Morgan fingerprint density at radius 1 is 1.03 bits per heavy atom. The minimum absolute atomic E-state index is 0.0183. The third-order valence-electron chi connectivity index (χ3n) is 5.29. The van der Waals surface area contributed by atoms with Crippen molar-refractivity contribution in [2.45, 2.75) is 55.0 Å². The van der Waals surface area contributed by atoms with Crippen LogP contribution in [0, 0.1) is 12.7 Å². The fourth-order valence-corrected chi connectivity index (χ4v) is 4.93. The monoisotopic (exact) mass is 414 g/mol. The molecule has 3 aromatic rings. The van der Waals surface area contributed by atoms with Crippen molar-refractivity contribution < 1.29 is 17.2 Å². The molecule has 0 radical (unpaired) electrons. The minimum Gasteiger partial charge on any atom is -0.419 e. The predicted octanol–water partition coefficient (Wildman–Crippen LogP) is 5.37. The Labute approximate surface area is 169 Å². The van der Waals surface area contributed by atoms with Gasteiger partial charge in [0.1, 0.15) is 5.82 Å². The largest absolute Gasteiger partial charge is 0.419 e. The molecular weight excluding hydrogens is 391 g/mol. The highest BCUT2D eigenvalue weighted by Crippen LogP contribution is 2.35. The Hall–Kier alpha value is -2.67. The van der Waals surface area contributed by atoms with Crippen LogP contribution in [0.1, 0.15) is 37.7 Å². The Morgan fingerprint density at radius 3 is 2.41 bits per heavy atom. The number of benzene rings is 2. The van der Waals surface area contributed by atoms with E-state index in [1.54, 1.807) is 0 Å². The van der Waals surface area contributed by atoms with E-state index in [1.165, 1.54) is 18.6 Å². The molecule has 0 saturated heterocycles. The smallest absolute Gasteiger partial charge is 0.234 e. The highest BCUT2D eigenvalue weighted by atomic mass is 32.2. The van der Waals surface area contributed by atoms with E-state index in [0.29, 0.717) is 0 Å². The van der Waals surface area contributed by atoms with Crippen molar-refractivity contribution in [3.8, 4) is 11.5 Å². The second-order valence-corrected chi connectivity index (χ2v) is 9.27. The lowest BCUT2D eigenvalue weighted by Crippen LogP contribution is -2.23. The van der Waals surface area contributed by atoms with Gasteiger partial charge in [-0.2, -0.15) is 4.98 Å². The second-order valence-electron chi connectivity index (χ2n) is 7.40. The number of aryl methyl sites for hydroxylation is 1. The van der Waals surface area contributed by atoms with E-state index in [9.17, 15) is 12.8 Å². The van der Waals surface area contributed by atoms with Crippen molar-refractivity contribution >= 4 is 15.7 Å². The van der Waals surface area contributed by atoms with E-state index in [1.807, 2.05) is 31.2 Å². The van der Waals surface area contributed by atoms with E-state index in [0.717, 1.165) is 48.9 Å². The number of rotatable bonds is 5. The van der Waals surface area contributed by atoms with Gasteiger partial charge in [0.15, 0.2) is 0 Å². The van der Waals surface area contributed by atoms with E-state index in [4.69, 9.17) is 4.42 Å². The summed E-state index contributed by atoms with van der Waals surface area (Å²) in [6.45, 7) is 1.92. The summed E-state index contributed by atoms with van der Waals surface area (Å²) in [5.74, 6) is -0.0909. The first-order valence-electron chi connectivity index (χ1n) is 9.79. The van der Waals surface area contributed by atoms with Gasteiger partial charge in [-0.25, -0.2) is 12.8 Å². The molecule has 0 aliphatic heterocycles. The van der Waals surface area contributed by atoms with E-state index in [-0.39, 0.29) is 27.7 Å². The van der Waals surface area contributed by atoms with Crippen molar-refractivity contribution in [1.29, 1.82) is 0 Å². The molecule has 0 spiro atoms. The van der Waals surface area contributed by atoms with E-state index in [2.05, 4.69) is 10.3 Å². The zero-order valence-corrected chi connectivity index (χ0v) is 17.0. The molecular formula is C22H23FN2O3S. The topological polar surface area (TPSA) is 72.2 Å². The van der Waals surface area contributed by atoms with Gasteiger partial charge in [-0.05, 0) is 55.7 Å². The van der Waals surface area contributed by atoms with Crippen LogP contribution in [0.4, 0.5) is 10.3 Å². The van der Waals surface area contributed by atoms with Gasteiger partial charge < -0.3 is 9.73 Å². The molecule has 5 nitrogen and oxygen atoms in total. The maximum atomic E-state index is 13.3. The second kappa shape index (κ2) is 7.99. The summed E-state index contributed by atoms with van der Waals surface area (Å²) in [6, 6.07) is 12.4. The number of nitrogens with one attached hydrogen (secondary N) is 1. The summed E-state index contributed by atoms with van der Waals surface area (Å²) in [6.07, 6.45) is 5.28. The lowest BCUT2D eigenvalue weighted by Gasteiger charge is -2.22. The van der Waals surface area contributed by atoms with Gasteiger partial charge in [-0.1, -0.05) is 37.5 Å². The number of hydrogen-bond acceptors (Lipinski definition) is 5. The quantitative estimate of drug-likeness (QED) is 0.569. The van der Waals surface area contributed by atoms with Crippen molar-refractivity contribution in [3.05, 3.63) is 59.9 Å². The van der Waals surface area contributed by atoms with Crippen molar-refractivity contribution in [1.82, 2.24) is 4.98 Å². The van der Waals surface area contributed by atoms with Crippen molar-refractivity contribution in [2.24, 2.45) is 0 Å². The summed E-state index contributed by atoms with van der Waals surface area (Å²) < 4.78 is 45.7. The van der Waals surface area contributed by atoms with Crippen LogP contribution in [-0.2, 0) is 9.84 Å². The highest BCUT2D eigenvalue weighted by molar-refractivity contribution is 7.91. The number of aromatic nitrogens is 1. The molecule has 0 amide bonds. The highest BCUT2D eigenvalue weighted by Gasteiger charge is 2.30. The number of halogens is 1. The zero-order valence-electron chi connectivity index (χ0n) is 16.2. The van der Waals surface area contributed by atoms with Gasteiger partial charge in [0.05, 0.1) is 4.90 Å². The van der Waals surface area contributed by atoms with Crippen molar-refractivity contribution in [2.75, 3.05) is 5.32 Å². The molecule has 0 bridgehead atoms. The van der Waals surface area contributed by atoms with Crippen LogP contribution in [0.25, 0.3) is 11.5 Å². The van der Waals surface area contributed by atoms with Gasteiger partial charge in [-0.3, -0.25) is 0 Å². The third-order valence-corrected chi connectivity index (χ3v) is 6.97. The molecule has 2 aromatic carbocycles. The van der Waals surface area contributed by atoms with E-state index < -0.39 is 15.7 Å². The molecule has 1 saturated carbocycles. The fourth-order valence-electron chi connectivity index (χ4n) is 3.67. The molecule has 1 aliphatic carbocycles. The van der Waals surface area contributed by atoms with Gasteiger partial charge >= 0.3 is 0 Å². The number of anilines is 1. The lowest BCUT2D eigenvalue weighted by atomic mass is 9.96. The molecule has 4 rings (SSSR count). The molecule has 1 heterocycles. The van der Waals surface area contributed by atoms with Gasteiger partial charge in [0, 0.05) is 11.6 Å². The molecule has 1 aliphatic rings.